The van der Waals surface area contributed by atoms with Crippen molar-refractivity contribution in [3.05, 3.63) is 41.3 Å². The van der Waals surface area contributed by atoms with Crippen LogP contribution >= 0.6 is 12.4 Å². The van der Waals surface area contributed by atoms with Crippen LogP contribution in [0.4, 0.5) is 0 Å². The average molecular weight is 249 g/mol. The van der Waals surface area contributed by atoms with E-state index in [0.717, 1.165) is 16.5 Å². The Morgan fingerprint density at radius 1 is 1.29 bits per heavy atom. The van der Waals surface area contributed by atoms with E-state index in [1.54, 1.807) is 30.8 Å². The summed E-state index contributed by atoms with van der Waals surface area (Å²) < 4.78 is 5.37. The maximum Gasteiger partial charge on any atom is 0.248 e. The lowest BCUT2D eigenvalue weighted by molar-refractivity contribution is 0.100. The van der Waals surface area contributed by atoms with Crippen molar-refractivity contribution in [2.75, 3.05) is 0 Å². The first-order valence-electron chi connectivity index (χ1n) is 4.80. The summed E-state index contributed by atoms with van der Waals surface area (Å²) in [5.74, 6) is -0.463. The number of carbonyl (C=O) groups excluding carboxylic acids is 1. The molecular formula is C12H9ClN2O2. The quantitative estimate of drug-likeness (QED) is 0.842. The second-order valence-electron chi connectivity index (χ2n) is 3.59. The molecule has 2 aromatic rings. The van der Waals surface area contributed by atoms with Crippen molar-refractivity contribution in [1.82, 2.24) is 0 Å². The van der Waals surface area contributed by atoms with Crippen LogP contribution < -0.4 is 5.73 Å². The zero-order chi connectivity index (χ0) is 11.1. The molecule has 0 atom stereocenters. The van der Waals surface area contributed by atoms with Gasteiger partial charge in [0.1, 0.15) is 11.8 Å². The lowest BCUT2D eigenvalue weighted by atomic mass is 10.0. The summed E-state index contributed by atoms with van der Waals surface area (Å²) in [5.41, 5.74) is 8.15. The van der Waals surface area contributed by atoms with E-state index in [-0.39, 0.29) is 12.4 Å². The molecule has 0 saturated carbocycles. The van der Waals surface area contributed by atoms with Crippen LogP contribution in [0.15, 0.2) is 34.0 Å². The molecule has 5 heteroatoms. The number of aliphatic imine (C=N–C) groups is 1. The van der Waals surface area contributed by atoms with Crippen molar-refractivity contribution in [3.63, 3.8) is 0 Å². The molecule has 1 amide bonds. The second kappa shape index (κ2) is 4.07. The minimum atomic E-state index is -0.463. The lowest BCUT2D eigenvalue weighted by Crippen LogP contribution is -2.10. The first-order chi connectivity index (χ1) is 7.75. The smallest absolute Gasteiger partial charge is 0.248 e. The van der Waals surface area contributed by atoms with E-state index in [2.05, 4.69) is 4.99 Å². The van der Waals surface area contributed by atoms with Gasteiger partial charge in [0.05, 0.1) is 0 Å². The SMILES string of the molecule is Cl.NC(=O)c1cc2c3c(coc3c1)C=NC=C2. The Balaban J connectivity index is 0.00000108. The summed E-state index contributed by atoms with van der Waals surface area (Å²) in [7, 11) is 0. The Labute approximate surface area is 103 Å². The Hall–Kier alpha value is -2.07. The van der Waals surface area contributed by atoms with Gasteiger partial charge in [0.15, 0.2) is 0 Å². The number of primary amides is 1. The van der Waals surface area contributed by atoms with Gasteiger partial charge in [-0.05, 0) is 23.8 Å². The van der Waals surface area contributed by atoms with E-state index in [1.165, 1.54) is 0 Å². The normalized spacial score (nSPS) is 12.2. The lowest BCUT2D eigenvalue weighted by Gasteiger charge is -2.00. The summed E-state index contributed by atoms with van der Waals surface area (Å²) in [6, 6.07) is 3.40. The number of halogens is 1. The van der Waals surface area contributed by atoms with Gasteiger partial charge in [0.2, 0.25) is 5.91 Å². The first kappa shape index (κ1) is 11.4. The number of benzene rings is 1. The number of rotatable bonds is 1. The van der Waals surface area contributed by atoms with Gasteiger partial charge in [-0.15, -0.1) is 12.4 Å². The predicted molar refractivity (Wildman–Crippen MR) is 68.6 cm³/mol. The van der Waals surface area contributed by atoms with E-state index < -0.39 is 5.91 Å². The van der Waals surface area contributed by atoms with Crippen molar-refractivity contribution in [3.8, 4) is 0 Å². The van der Waals surface area contributed by atoms with E-state index in [1.807, 2.05) is 6.08 Å². The standard InChI is InChI=1S/C12H8N2O2.ClH/c13-12(15)8-3-7-1-2-14-5-9-6-16-10(4-8)11(7)9;/h1-6H,(H2,13,15);1H. The summed E-state index contributed by atoms with van der Waals surface area (Å²) in [5, 5.41) is 0.961. The van der Waals surface area contributed by atoms with Crippen LogP contribution in [0.25, 0.3) is 17.0 Å². The maximum absolute atomic E-state index is 11.1. The van der Waals surface area contributed by atoms with Gasteiger partial charge in [-0.1, -0.05) is 0 Å². The first-order valence-corrected chi connectivity index (χ1v) is 4.80. The van der Waals surface area contributed by atoms with Crippen LogP contribution in [0.1, 0.15) is 21.5 Å². The molecule has 0 unspecified atom stereocenters. The molecule has 0 aliphatic carbocycles. The highest BCUT2D eigenvalue weighted by atomic mass is 35.5. The molecule has 1 aromatic heterocycles. The van der Waals surface area contributed by atoms with Crippen LogP contribution in [0.2, 0.25) is 0 Å². The zero-order valence-corrected chi connectivity index (χ0v) is 9.53. The molecule has 0 spiro atoms. The molecule has 2 N–H and O–H groups in total. The van der Waals surface area contributed by atoms with Crippen LogP contribution in [0.3, 0.4) is 0 Å². The predicted octanol–water partition coefficient (Wildman–Crippen LogP) is 2.36. The molecule has 1 aliphatic rings. The number of carbonyl (C=O) groups is 1. The average Bonchev–Trinajstić information content (AvgIpc) is 2.55. The summed E-state index contributed by atoms with van der Waals surface area (Å²) >= 11 is 0. The largest absolute Gasteiger partial charge is 0.464 e. The molecule has 4 nitrogen and oxygen atoms in total. The minimum Gasteiger partial charge on any atom is -0.464 e. The molecule has 17 heavy (non-hydrogen) atoms. The Bertz CT molecular complexity index is 656. The molecule has 0 bridgehead atoms. The van der Waals surface area contributed by atoms with Crippen LogP contribution in [-0.4, -0.2) is 12.1 Å². The Morgan fingerprint density at radius 2 is 2.12 bits per heavy atom. The molecule has 3 rings (SSSR count). The van der Waals surface area contributed by atoms with E-state index >= 15 is 0 Å². The highest BCUT2D eigenvalue weighted by Crippen LogP contribution is 2.28. The minimum absolute atomic E-state index is 0. The molecule has 1 aromatic carbocycles. The van der Waals surface area contributed by atoms with Crippen LogP contribution in [0, 0.1) is 0 Å². The number of amides is 1. The van der Waals surface area contributed by atoms with Gasteiger partial charge < -0.3 is 10.2 Å². The second-order valence-corrected chi connectivity index (χ2v) is 3.59. The van der Waals surface area contributed by atoms with E-state index in [0.29, 0.717) is 11.1 Å². The highest BCUT2D eigenvalue weighted by Gasteiger charge is 2.13. The van der Waals surface area contributed by atoms with E-state index in [9.17, 15) is 4.79 Å². The highest BCUT2D eigenvalue weighted by molar-refractivity contribution is 6.06. The van der Waals surface area contributed by atoms with Gasteiger partial charge in [0.25, 0.3) is 0 Å². The van der Waals surface area contributed by atoms with Crippen molar-refractivity contribution < 1.29 is 9.21 Å². The molecule has 1 aliphatic heterocycles. The fraction of sp³-hybridized carbons (Fsp3) is 0. The number of hydrogen-bond acceptors (Lipinski definition) is 3. The number of hydrogen-bond donors (Lipinski definition) is 1. The van der Waals surface area contributed by atoms with Gasteiger partial charge >= 0.3 is 0 Å². The van der Waals surface area contributed by atoms with Crippen molar-refractivity contribution in [2.45, 2.75) is 0 Å². The van der Waals surface area contributed by atoms with Crippen molar-refractivity contribution in [2.24, 2.45) is 10.7 Å². The molecule has 0 fully saturated rings. The van der Waals surface area contributed by atoms with Crippen molar-refractivity contribution >= 4 is 41.6 Å². The fourth-order valence-electron chi connectivity index (χ4n) is 1.84. The monoisotopic (exact) mass is 248 g/mol. The summed E-state index contributed by atoms with van der Waals surface area (Å²) in [6.45, 7) is 0. The third-order valence-electron chi connectivity index (χ3n) is 2.57. The zero-order valence-electron chi connectivity index (χ0n) is 8.71. The van der Waals surface area contributed by atoms with Gasteiger partial charge in [-0.3, -0.25) is 9.79 Å². The Kier molecular flexibility index (Phi) is 2.73. The topological polar surface area (TPSA) is 68.6 Å². The van der Waals surface area contributed by atoms with Gasteiger partial charge in [-0.2, -0.15) is 0 Å². The van der Waals surface area contributed by atoms with Gasteiger partial charge in [-0.25, -0.2) is 0 Å². The molecule has 2 heterocycles. The Morgan fingerprint density at radius 3 is 2.88 bits per heavy atom. The molecule has 0 saturated heterocycles. The molecular weight excluding hydrogens is 240 g/mol. The number of nitrogens with two attached hydrogens (primary N) is 1. The van der Waals surface area contributed by atoms with E-state index in [4.69, 9.17) is 10.2 Å². The number of furan rings is 1. The third-order valence-corrected chi connectivity index (χ3v) is 2.57. The van der Waals surface area contributed by atoms with Gasteiger partial charge in [0, 0.05) is 28.9 Å². The third kappa shape index (κ3) is 1.72. The molecule has 86 valence electrons. The summed E-state index contributed by atoms with van der Waals surface area (Å²) in [6.07, 6.45) is 6.86. The molecule has 0 radical (unpaired) electrons. The number of nitrogens with zero attached hydrogens (tertiary/aromatic N) is 1. The van der Waals surface area contributed by atoms with Crippen LogP contribution in [-0.2, 0) is 0 Å². The van der Waals surface area contributed by atoms with Crippen LogP contribution in [0.5, 0.6) is 0 Å². The summed E-state index contributed by atoms with van der Waals surface area (Å²) in [4.78, 5) is 15.2. The van der Waals surface area contributed by atoms with Crippen molar-refractivity contribution in [1.29, 1.82) is 0 Å². The maximum atomic E-state index is 11.1. The fourth-order valence-corrected chi connectivity index (χ4v) is 1.84.